The van der Waals surface area contributed by atoms with E-state index in [0.29, 0.717) is 11.5 Å². The highest BCUT2D eigenvalue weighted by molar-refractivity contribution is 6.04. The molecule has 0 atom stereocenters. The molecule has 1 heterocycles. The summed E-state index contributed by atoms with van der Waals surface area (Å²) in [5, 5.41) is 3.16. The minimum Gasteiger partial charge on any atom is -0.339 e. The van der Waals surface area contributed by atoms with E-state index in [1.165, 1.54) is 11.8 Å². The Hall–Kier alpha value is -3.21. The number of aromatic nitrogens is 2. The molecule has 5 heteroatoms. The Balaban J connectivity index is 1.72. The molecule has 5 nitrogen and oxygen atoms in total. The Kier molecular flexibility index (Phi) is 4.52. The number of hydrogen-bond donors (Lipinski definition) is 1. The minimum atomic E-state index is -0.199. The van der Waals surface area contributed by atoms with Crippen LogP contribution in [-0.2, 0) is 0 Å². The average molecular weight is 318 g/mol. The van der Waals surface area contributed by atoms with E-state index in [-0.39, 0.29) is 5.91 Å². The van der Waals surface area contributed by atoms with Crippen molar-refractivity contribution < 1.29 is 4.79 Å². The zero-order valence-corrected chi connectivity index (χ0v) is 13.6. The van der Waals surface area contributed by atoms with Gasteiger partial charge in [-0.15, -0.1) is 0 Å². The van der Waals surface area contributed by atoms with Crippen molar-refractivity contribution in [2.45, 2.75) is 6.92 Å². The third kappa shape index (κ3) is 3.57. The van der Waals surface area contributed by atoms with Gasteiger partial charge in [-0.1, -0.05) is 35.9 Å². The second-order valence-corrected chi connectivity index (χ2v) is 5.48. The van der Waals surface area contributed by atoms with Gasteiger partial charge in [0, 0.05) is 18.4 Å². The summed E-state index contributed by atoms with van der Waals surface area (Å²) < 4.78 is 0. The lowest BCUT2D eigenvalue weighted by atomic mass is 10.2. The largest absolute Gasteiger partial charge is 0.339 e. The normalized spacial score (nSPS) is 10.2. The van der Waals surface area contributed by atoms with Crippen molar-refractivity contribution in [1.29, 1.82) is 0 Å². The number of para-hydroxylation sites is 1. The first kappa shape index (κ1) is 15.7. The minimum absolute atomic E-state index is 0.199. The summed E-state index contributed by atoms with van der Waals surface area (Å²) >= 11 is 0. The molecule has 1 N–H and O–H groups in total. The van der Waals surface area contributed by atoms with E-state index < -0.39 is 0 Å². The molecule has 0 aliphatic carbocycles. The Morgan fingerprint density at radius 1 is 0.958 bits per heavy atom. The zero-order valence-electron chi connectivity index (χ0n) is 13.6. The van der Waals surface area contributed by atoms with E-state index in [1.54, 1.807) is 18.1 Å². The number of nitrogens with zero attached hydrogens (tertiary/aromatic N) is 3. The number of amides is 1. The van der Waals surface area contributed by atoms with Crippen LogP contribution in [0, 0.1) is 6.92 Å². The summed E-state index contributed by atoms with van der Waals surface area (Å²) in [7, 11) is 1.72. The van der Waals surface area contributed by atoms with Gasteiger partial charge in [-0.05, 0) is 31.2 Å². The highest BCUT2D eigenvalue weighted by atomic mass is 16.2. The predicted octanol–water partition coefficient (Wildman–Crippen LogP) is 3.81. The molecule has 0 saturated heterocycles. The molecule has 24 heavy (non-hydrogen) atoms. The van der Waals surface area contributed by atoms with Crippen LogP contribution in [0.3, 0.4) is 0 Å². The van der Waals surface area contributed by atoms with Crippen LogP contribution in [0.5, 0.6) is 0 Å². The Morgan fingerprint density at radius 3 is 2.29 bits per heavy atom. The van der Waals surface area contributed by atoms with Gasteiger partial charge in [0.25, 0.3) is 5.91 Å². The van der Waals surface area contributed by atoms with Crippen LogP contribution in [-0.4, -0.2) is 22.9 Å². The maximum Gasteiger partial charge on any atom is 0.278 e. The van der Waals surface area contributed by atoms with Crippen molar-refractivity contribution in [2.24, 2.45) is 0 Å². The molecule has 0 aliphatic rings. The standard InChI is InChI=1S/C19H18N4O/c1-14-8-10-15(11-9-14)22-18-13-20-17(12-21-18)19(24)23(2)16-6-4-3-5-7-16/h3-13H,1-2H3,(H,21,22). The van der Waals surface area contributed by atoms with Gasteiger partial charge in [0.15, 0.2) is 0 Å². The smallest absolute Gasteiger partial charge is 0.278 e. The number of benzene rings is 2. The topological polar surface area (TPSA) is 58.1 Å². The summed E-state index contributed by atoms with van der Waals surface area (Å²) in [6.45, 7) is 2.03. The molecule has 120 valence electrons. The van der Waals surface area contributed by atoms with Crippen molar-refractivity contribution in [3.63, 3.8) is 0 Å². The maximum absolute atomic E-state index is 12.5. The third-order valence-electron chi connectivity index (χ3n) is 3.64. The first-order chi connectivity index (χ1) is 11.6. The highest BCUT2D eigenvalue weighted by Crippen LogP contribution is 2.16. The van der Waals surface area contributed by atoms with Crippen LogP contribution in [0.15, 0.2) is 67.0 Å². The SMILES string of the molecule is Cc1ccc(Nc2cnc(C(=O)N(C)c3ccccc3)cn2)cc1. The van der Waals surface area contributed by atoms with Crippen LogP contribution in [0.1, 0.15) is 16.1 Å². The fourth-order valence-electron chi connectivity index (χ4n) is 2.23. The van der Waals surface area contributed by atoms with E-state index in [2.05, 4.69) is 15.3 Å². The summed E-state index contributed by atoms with van der Waals surface area (Å²) in [4.78, 5) is 22.5. The van der Waals surface area contributed by atoms with Gasteiger partial charge in [-0.2, -0.15) is 0 Å². The van der Waals surface area contributed by atoms with Crippen LogP contribution in [0.4, 0.5) is 17.2 Å². The first-order valence-corrected chi connectivity index (χ1v) is 7.62. The van der Waals surface area contributed by atoms with Gasteiger partial charge >= 0.3 is 0 Å². The van der Waals surface area contributed by atoms with Crippen molar-refractivity contribution in [2.75, 3.05) is 17.3 Å². The summed E-state index contributed by atoms with van der Waals surface area (Å²) in [6, 6.07) is 17.4. The van der Waals surface area contributed by atoms with E-state index in [1.807, 2.05) is 61.5 Å². The second-order valence-electron chi connectivity index (χ2n) is 5.48. The van der Waals surface area contributed by atoms with Gasteiger partial charge in [0.2, 0.25) is 0 Å². The number of anilines is 3. The number of nitrogens with one attached hydrogen (secondary N) is 1. The number of hydrogen-bond acceptors (Lipinski definition) is 4. The molecule has 0 radical (unpaired) electrons. The lowest BCUT2D eigenvalue weighted by Crippen LogP contribution is -2.27. The quantitative estimate of drug-likeness (QED) is 0.795. The summed E-state index contributed by atoms with van der Waals surface area (Å²) in [6.07, 6.45) is 3.05. The third-order valence-corrected chi connectivity index (χ3v) is 3.64. The molecule has 0 saturated carbocycles. The molecule has 3 aromatic rings. The van der Waals surface area contributed by atoms with Crippen molar-refractivity contribution >= 4 is 23.1 Å². The van der Waals surface area contributed by atoms with Crippen molar-refractivity contribution in [3.8, 4) is 0 Å². The number of carbonyl (C=O) groups is 1. The van der Waals surface area contributed by atoms with E-state index >= 15 is 0 Å². The monoisotopic (exact) mass is 318 g/mol. The van der Waals surface area contributed by atoms with Crippen LogP contribution in [0.2, 0.25) is 0 Å². The van der Waals surface area contributed by atoms with Crippen molar-refractivity contribution in [1.82, 2.24) is 9.97 Å². The maximum atomic E-state index is 12.5. The molecule has 0 fully saturated rings. The average Bonchev–Trinajstić information content (AvgIpc) is 2.64. The molecule has 1 aromatic heterocycles. The van der Waals surface area contributed by atoms with E-state index in [4.69, 9.17) is 0 Å². The van der Waals surface area contributed by atoms with Gasteiger partial charge in [0.1, 0.15) is 11.5 Å². The van der Waals surface area contributed by atoms with E-state index in [9.17, 15) is 4.79 Å². The molecule has 0 spiro atoms. The Morgan fingerprint density at radius 2 is 1.67 bits per heavy atom. The highest BCUT2D eigenvalue weighted by Gasteiger charge is 2.15. The summed E-state index contributed by atoms with van der Waals surface area (Å²) in [5.74, 6) is 0.397. The summed E-state index contributed by atoms with van der Waals surface area (Å²) in [5.41, 5.74) is 3.23. The van der Waals surface area contributed by atoms with Crippen LogP contribution < -0.4 is 10.2 Å². The van der Waals surface area contributed by atoms with Gasteiger partial charge in [0.05, 0.1) is 12.4 Å². The molecular formula is C19H18N4O. The van der Waals surface area contributed by atoms with Crippen LogP contribution >= 0.6 is 0 Å². The molecule has 1 amide bonds. The Bertz CT molecular complexity index is 814. The second kappa shape index (κ2) is 6.91. The molecule has 0 unspecified atom stereocenters. The molecule has 2 aromatic carbocycles. The van der Waals surface area contributed by atoms with E-state index in [0.717, 1.165) is 11.4 Å². The molecule has 0 aliphatic heterocycles. The van der Waals surface area contributed by atoms with Crippen molar-refractivity contribution in [3.05, 3.63) is 78.2 Å². The van der Waals surface area contributed by atoms with Gasteiger partial charge in [-0.25, -0.2) is 9.97 Å². The number of rotatable bonds is 4. The molecule has 3 rings (SSSR count). The van der Waals surface area contributed by atoms with Gasteiger partial charge < -0.3 is 10.2 Å². The lowest BCUT2D eigenvalue weighted by molar-refractivity contribution is 0.0988. The fourth-order valence-corrected chi connectivity index (χ4v) is 2.23. The molecule has 0 bridgehead atoms. The lowest BCUT2D eigenvalue weighted by Gasteiger charge is -2.16. The fraction of sp³-hybridized carbons (Fsp3) is 0.105. The predicted molar refractivity (Wildman–Crippen MR) is 95.7 cm³/mol. The van der Waals surface area contributed by atoms with Gasteiger partial charge in [-0.3, -0.25) is 4.79 Å². The van der Waals surface area contributed by atoms with Crippen LogP contribution in [0.25, 0.3) is 0 Å². The zero-order chi connectivity index (χ0) is 16.9. The Labute approximate surface area is 141 Å². The molecular weight excluding hydrogens is 300 g/mol. The first-order valence-electron chi connectivity index (χ1n) is 7.62. The number of carbonyl (C=O) groups excluding carboxylic acids is 1. The number of aryl methyl sites for hydroxylation is 1.